The van der Waals surface area contributed by atoms with Crippen LogP contribution in [0.25, 0.3) is 0 Å². The summed E-state index contributed by atoms with van der Waals surface area (Å²) in [5, 5.41) is 3.69. The van der Waals surface area contributed by atoms with Gasteiger partial charge in [-0.05, 0) is 6.07 Å². The van der Waals surface area contributed by atoms with Crippen molar-refractivity contribution < 1.29 is 23.8 Å². The molecular formula is C12H17NO5. The van der Waals surface area contributed by atoms with Crippen molar-refractivity contribution in [2.75, 3.05) is 35.2 Å². The first-order chi connectivity index (χ1) is 8.76. The summed E-state index contributed by atoms with van der Waals surface area (Å²) in [6.07, 6.45) is 1.53. The number of oxime groups is 1. The van der Waals surface area contributed by atoms with Gasteiger partial charge in [0.25, 0.3) is 0 Å². The van der Waals surface area contributed by atoms with Gasteiger partial charge in [0, 0.05) is 18.7 Å². The Morgan fingerprint density at radius 2 is 1.72 bits per heavy atom. The molecule has 1 aromatic carbocycles. The summed E-state index contributed by atoms with van der Waals surface area (Å²) >= 11 is 0. The maximum Gasteiger partial charge on any atom is 0.188 e. The maximum absolute atomic E-state index is 5.38. The van der Waals surface area contributed by atoms with E-state index in [1.165, 1.54) is 13.3 Å². The van der Waals surface area contributed by atoms with Crippen LogP contribution < -0.4 is 14.2 Å². The molecule has 100 valence electrons. The average Bonchev–Trinajstić information content (AvgIpc) is 2.42. The second-order valence-electron chi connectivity index (χ2n) is 3.21. The summed E-state index contributed by atoms with van der Waals surface area (Å²) in [6.45, 7) is 0.130. The second-order valence-corrected chi connectivity index (χ2v) is 3.21. The lowest BCUT2D eigenvalue weighted by molar-refractivity contribution is 0.0490. The van der Waals surface area contributed by atoms with Crippen molar-refractivity contribution in [3.05, 3.63) is 17.7 Å². The first-order valence-electron chi connectivity index (χ1n) is 5.21. The molecule has 0 radical (unpaired) electrons. The van der Waals surface area contributed by atoms with E-state index in [9.17, 15) is 0 Å². The molecule has 0 fully saturated rings. The number of hydrogen-bond donors (Lipinski definition) is 0. The molecule has 0 heterocycles. The lowest BCUT2D eigenvalue weighted by Crippen LogP contribution is -2.02. The van der Waals surface area contributed by atoms with Gasteiger partial charge in [0.15, 0.2) is 18.3 Å². The van der Waals surface area contributed by atoms with Crippen LogP contribution in [0.2, 0.25) is 0 Å². The third-order valence-electron chi connectivity index (χ3n) is 2.15. The van der Waals surface area contributed by atoms with Crippen molar-refractivity contribution in [3.63, 3.8) is 0 Å². The third kappa shape index (κ3) is 3.53. The van der Waals surface area contributed by atoms with Crippen molar-refractivity contribution in [1.29, 1.82) is 0 Å². The summed E-state index contributed by atoms with van der Waals surface area (Å²) in [5.74, 6) is 1.69. The Kier molecular flexibility index (Phi) is 5.79. The highest BCUT2D eigenvalue weighted by atomic mass is 16.7. The standard InChI is InChI=1S/C12H17NO5/c1-14-8-18-12-6-10(15-2)9(7-13-17-4)5-11(12)16-3/h5-7H,8H2,1-4H3/b13-7-. The van der Waals surface area contributed by atoms with Gasteiger partial charge in [-0.2, -0.15) is 0 Å². The quantitative estimate of drug-likeness (QED) is 0.421. The van der Waals surface area contributed by atoms with Crippen molar-refractivity contribution in [2.24, 2.45) is 5.16 Å². The van der Waals surface area contributed by atoms with Crippen molar-refractivity contribution >= 4 is 6.21 Å². The summed E-state index contributed by atoms with van der Waals surface area (Å²) in [4.78, 5) is 4.64. The van der Waals surface area contributed by atoms with E-state index in [2.05, 4.69) is 9.99 Å². The molecule has 0 aliphatic heterocycles. The highest BCUT2D eigenvalue weighted by Gasteiger charge is 2.11. The molecule has 0 N–H and O–H groups in total. The van der Waals surface area contributed by atoms with Crippen LogP contribution in [0.5, 0.6) is 17.2 Å². The molecule has 0 aliphatic rings. The summed E-state index contributed by atoms with van der Waals surface area (Å²) in [6, 6.07) is 3.45. The number of benzene rings is 1. The molecule has 6 nitrogen and oxygen atoms in total. The lowest BCUT2D eigenvalue weighted by Gasteiger charge is -2.13. The normalized spacial score (nSPS) is 10.4. The van der Waals surface area contributed by atoms with Gasteiger partial charge in [0.2, 0.25) is 0 Å². The molecule has 0 unspecified atom stereocenters. The smallest absolute Gasteiger partial charge is 0.188 e. The fourth-order valence-electron chi connectivity index (χ4n) is 1.34. The SMILES string of the molecule is COCOc1cc(OC)c(/C=N\OC)cc1OC. The van der Waals surface area contributed by atoms with Crippen LogP contribution in [-0.2, 0) is 9.57 Å². The van der Waals surface area contributed by atoms with E-state index in [1.54, 1.807) is 33.5 Å². The Balaban J connectivity index is 3.10. The van der Waals surface area contributed by atoms with Gasteiger partial charge in [-0.1, -0.05) is 5.16 Å². The van der Waals surface area contributed by atoms with Crippen LogP contribution in [0.15, 0.2) is 17.3 Å². The lowest BCUT2D eigenvalue weighted by atomic mass is 10.2. The van der Waals surface area contributed by atoms with E-state index < -0.39 is 0 Å². The molecule has 1 rings (SSSR count). The number of rotatable bonds is 7. The van der Waals surface area contributed by atoms with Crippen LogP contribution in [0.3, 0.4) is 0 Å². The fraction of sp³-hybridized carbons (Fsp3) is 0.417. The highest BCUT2D eigenvalue weighted by Crippen LogP contribution is 2.34. The van der Waals surface area contributed by atoms with Gasteiger partial charge < -0.3 is 23.8 Å². The van der Waals surface area contributed by atoms with E-state index in [0.717, 1.165) is 5.56 Å². The molecule has 6 heteroatoms. The van der Waals surface area contributed by atoms with Crippen LogP contribution in [0, 0.1) is 0 Å². The zero-order valence-electron chi connectivity index (χ0n) is 10.9. The number of methoxy groups -OCH3 is 3. The molecule has 0 aliphatic carbocycles. The van der Waals surface area contributed by atoms with Gasteiger partial charge in [-0.3, -0.25) is 0 Å². The van der Waals surface area contributed by atoms with Gasteiger partial charge in [0.05, 0.1) is 20.4 Å². The third-order valence-corrected chi connectivity index (χ3v) is 2.15. The molecule has 1 aromatic rings. The van der Waals surface area contributed by atoms with Crippen LogP contribution in [-0.4, -0.2) is 41.4 Å². The van der Waals surface area contributed by atoms with Gasteiger partial charge in [0.1, 0.15) is 12.9 Å². The first-order valence-corrected chi connectivity index (χ1v) is 5.21. The Bertz CT molecular complexity index is 406. The van der Waals surface area contributed by atoms with Crippen LogP contribution in [0.1, 0.15) is 5.56 Å². The second kappa shape index (κ2) is 7.39. The largest absolute Gasteiger partial charge is 0.496 e. The number of hydrogen-bond acceptors (Lipinski definition) is 6. The van der Waals surface area contributed by atoms with Gasteiger partial charge >= 0.3 is 0 Å². The Labute approximate surface area is 106 Å². The molecule has 0 atom stereocenters. The van der Waals surface area contributed by atoms with E-state index in [0.29, 0.717) is 17.2 Å². The Morgan fingerprint density at radius 3 is 2.28 bits per heavy atom. The van der Waals surface area contributed by atoms with Crippen molar-refractivity contribution in [2.45, 2.75) is 0 Å². The monoisotopic (exact) mass is 255 g/mol. The van der Waals surface area contributed by atoms with E-state index in [-0.39, 0.29) is 6.79 Å². The number of nitrogens with zero attached hydrogens (tertiary/aromatic N) is 1. The fourth-order valence-corrected chi connectivity index (χ4v) is 1.34. The first kappa shape index (κ1) is 14.1. The summed E-state index contributed by atoms with van der Waals surface area (Å²) in [5.41, 5.74) is 0.723. The van der Waals surface area contributed by atoms with E-state index in [4.69, 9.17) is 18.9 Å². The van der Waals surface area contributed by atoms with Gasteiger partial charge in [-0.25, -0.2) is 0 Å². The average molecular weight is 255 g/mol. The molecule has 18 heavy (non-hydrogen) atoms. The molecule has 0 saturated heterocycles. The molecule has 0 saturated carbocycles. The molecule has 0 amide bonds. The van der Waals surface area contributed by atoms with Crippen molar-refractivity contribution in [3.8, 4) is 17.2 Å². The Morgan fingerprint density at radius 1 is 1.00 bits per heavy atom. The minimum atomic E-state index is 0.130. The summed E-state index contributed by atoms with van der Waals surface area (Å²) in [7, 11) is 6.13. The summed E-state index contributed by atoms with van der Waals surface area (Å²) < 4.78 is 20.7. The zero-order valence-corrected chi connectivity index (χ0v) is 10.9. The topological polar surface area (TPSA) is 58.5 Å². The molecule has 0 bridgehead atoms. The maximum atomic E-state index is 5.38. The van der Waals surface area contributed by atoms with Crippen LogP contribution in [0.4, 0.5) is 0 Å². The van der Waals surface area contributed by atoms with Gasteiger partial charge in [-0.15, -0.1) is 0 Å². The molecule has 0 spiro atoms. The van der Waals surface area contributed by atoms with E-state index >= 15 is 0 Å². The van der Waals surface area contributed by atoms with E-state index in [1.807, 2.05) is 0 Å². The zero-order chi connectivity index (χ0) is 13.4. The Hall–Kier alpha value is -1.95. The predicted molar refractivity (Wildman–Crippen MR) is 66.7 cm³/mol. The molecular weight excluding hydrogens is 238 g/mol. The highest BCUT2D eigenvalue weighted by molar-refractivity contribution is 5.84. The molecule has 0 aromatic heterocycles. The minimum absolute atomic E-state index is 0.130. The predicted octanol–water partition coefficient (Wildman–Crippen LogP) is 1.67. The number of ether oxygens (including phenoxy) is 4. The van der Waals surface area contributed by atoms with Crippen molar-refractivity contribution in [1.82, 2.24) is 0 Å². The van der Waals surface area contributed by atoms with Crippen LogP contribution >= 0.6 is 0 Å². The minimum Gasteiger partial charge on any atom is -0.496 e.